The van der Waals surface area contributed by atoms with E-state index in [2.05, 4.69) is 35.5 Å². The summed E-state index contributed by atoms with van der Waals surface area (Å²) in [7, 11) is 0. The summed E-state index contributed by atoms with van der Waals surface area (Å²) >= 11 is 0. The Morgan fingerprint density at radius 3 is 2.46 bits per heavy atom. The SMILES string of the molecule is Cc1nc(OCC(=O)Nc2cnc(-n3cccn3)nc2)cc(-n2cccn2)n1. The Bertz CT molecular complexity index is 1060. The minimum absolute atomic E-state index is 0.226. The second-order valence-electron chi connectivity index (χ2n) is 5.62. The molecule has 0 aliphatic heterocycles. The molecule has 28 heavy (non-hydrogen) atoms. The molecule has 0 unspecified atom stereocenters. The molecular weight excluding hydrogens is 362 g/mol. The third-order valence-electron chi connectivity index (χ3n) is 3.52. The van der Waals surface area contributed by atoms with Gasteiger partial charge in [-0.15, -0.1) is 0 Å². The molecule has 4 heterocycles. The van der Waals surface area contributed by atoms with Crippen LogP contribution in [0.15, 0.2) is 55.4 Å². The first-order chi connectivity index (χ1) is 13.7. The van der Waals surface area contributed by atoms with Crippen LogP contribution in [0.4, 0.5) is 5.69 Å². The predicted octanol–water partition coefficient (Wildman–Crippen LogP) is 0.964. The molecule has 1 N–H and O–H groups in total. The number of carbonyl (C=O) groups excluding carboxylic acids is 1. The average Bonchev–Trinajstić information content (AvgIpc) is 3.40. The largest absolute Gasteiger partial charge is 0.467 e. The molecule has 1 amide bonds. The third-order valence-corrected chi connectivity index (χ3v) is 3.52. The highest BCUT2D eigenvalue weighted by Gasteiger charge is 2.09. The summed E-state index contributed by atoms with van der Waals surface area (Å²) in [6.07, 6.45) is 9.74. The van der Waals surface area contributed by atoms with Gasteiger partial charge in [0.05, 0.1) is 18.1 Å². The standard InChI is InChI=1S/C17H15N9O2/c1-12-22-14(25-6-2-4-20-25)8-16(23-12)28-11-15(27)24-13-9-18-17(19-10-13)26-7-3-5-21-26/h2-10H,11H2,1H3,(H,24,27). The van der Waals surface area contributed by atoms with Crippen LogP contribution in [0.2, 0.25) is 0 Å². The van der Waals surface area contributed by atoms with E-state index in [-0.39, 0.29) is 18.4 Å². The van der Waals surface area contributed by atoms with Gasteiger partial charge in [0.25, 0.3) is 11.9 Å². The summed E-state index contributed by atoms with van der Waals surface area (Å²) in [5.74, 6) is 1.37. The maximum absolute atomic E-state index is 12.1. The van der Waals surface area contributed by atoms with Gasteiger partial charge >= 0.3 is 0 Å². The van der Waals surface area contributed by atoms with Crippen molar-refractivity contribution < 1.29 is 9.53 Å². The maximum atomic E-state index is 12.1. The van der Waals surface area contributed by atoms with Gasteiger partial charge in [-0.05, 0) is 19.1 Å². The summed E-state index contributed by atoms with van der Waals surface area (Å²) < 4.78 is 8.58. The molecule has 0 saturated carbocycles. The molecule has 11 heteroatoms. The number of aryl methyl sites for hydroxylation is 1. The van der Waals surface area contributed by atoms with Gasteiger partial charge in [0.15, 0.2) is 12.4 Å². The highest BCUT2D eigenvalue weighted by Crippen LogP contribution is 2.12. The third kappa shape index (κ3) is 3.98. The predicted molar refractivity (Wildman–Crippen MR) is 97.2 cm³/mol. The van der Waals surface area contributed by atoms with E-state index < -0.39 is 0 Å². The second kappa shape index (κ2) is 7.61. The Hall–Kier alpha value is -4.15. The Morgan fingerprint density at radius 1 is 1.07 bits per heavy atom. The van der Waals surface area contributed by atoms with Crippen LogP contribution in [-0.2, 0) is 4.79 Å². The van der Waals surface area contributed by atoms with Crippen molar-refractivity contribution in [2.45, 2.75) is 6.92 Å². The van der Waals surface area contributed by atoms with Gasteiger partial charge in [-0.1, -0.05) is 0 Å². The van der Waals surface area contributed by atoms with Crippen molar-refractivity contribution in [1.29, 1.82) is 0 Å². The number of nitrogens with one attached hydrogen (secondary N) is 1. The summed E-state index contributed by atoms with van der Waals surface area (Å²) in [5, 5.41) is 10.8. The highest BCUT2D eigenvalue weighted by molar-refractivity contribution is 5.91. The maximum Gasteiger partial charge on any atom is 0.262 e. The number of amides is 1. The van der Waals surface area contributed by atoms with E-state index in [0.717, 1.165) is 0 Å². The molecule has 0 saturated heterocycles. The molecule has 0 aliphatic carbocycles. The van der Waals surface area contributed by atoms with Gasteiger partial charge in [-0.2, -0.15) is 15.2 Å². The molecule has 0 aliphatic rings. The number of carbonyl (C=O) groups is 1. The molecule has 0 aromatic carbocycles. The van der Waals surface area contributed by atoms with Crippen molar-refractivity contribution in [3.05, 3.63) is 61.2 Å². The van der Waals surface area contributed by atoms with E-state index in [4.69, 9.17) is 4.74 Å². The minimum atomic E-state index is -0.368. The van der Waals surface area contributed by atoms with Crippen LogP contribution in [-0.4, -0.2) is 52.0 Å². The van der Waals surface area contributed by atoms with E-state index in [1.807, 2.05) is 0 Å². The normalized spacial score (nSPS) is 10.6. The van der Waals surface area contributed by atoms with Gasteiger partial charge in [0.2, 0.25) is 5.88 Å². The molecule has 0 bridgehead atoms. The molecule has 11 nitrogen and oxygen atoms in total. The number of anilines is 1. The fourth-order valence-electron chi connectivity index (χ4n) is 2.35. The van der Waals surface area contributed by atoms with Crippen LogP contribution in [0, 0.1) is 6.92 Å². The van der Waals surface area contributed by atoms with Crippen LogP contribution < -0.4 is 10.1 Å². The topological polar surface area (TPSA) is 126 Å². The zero-order valence-corrected chi connectivity index (χ0v) is 14.8. The fraction of sp³-hybridized carbons (Fsp3) is 0.118. The molecule has 0 fully saturated rings. The van der Waals surface area contributed by atoms with Crippen LogP contribution in [0.1, 0.15) is 5.82 Å². The average molecular weight is 377 g/mol. The van der Waals surface area contributed by atoms with E-state index in [1.54, 1.807) is 54.6 Å². The van der Waals surface area contributed by atoms with Gasteiger partial charge in [0, 0.05) is 30.9 Å². The lowest BCUT2D eigenvalue weighted by Crippen LogP contribution is -2.21. The van der Waals surface area contributed by atoms with Gasteiger partial charge in [-0.25, -0.2) is 24.3 Å². The molecular formula is C17H15N9O2. The number of rotatable bonds is 6. The molecule has 0 atom stereocenters. The minimum Gasteiger partial charge on any atom is -0.467 e. The van der Waals surface area contributed by atoms with Crippen molar-refractivity contribution in [2.75, 3.05) is 11.9 Å². The highest BCUT2D eigenvalue weighted by atomic mass is 16.5. The zero-order chi connectivity index (χ0) is 19.3. The lowest BCUT2D eigenvalue weighted by atomic mass is 10.5. The van der Waals surface area contributed by atoms with Crippen LogP contribution in [0.3, 0.4) is 0 Å². The first kappa shape index (κ1) is 17.3. The molecule has 4 aromatic rings. The summed E-state index contributed by atoms with van der Waals surface area (Å²) in [4.78, 5) is 28.9. The van der Waals surface area contributed by atoms with Crippen LogP contribution in [0.5, 0.6) is 5.88 Å². The van der Waals surface area contributed by atoms with Crippen LogP contribution >= 0.6 is 0 Å². The first-order valence-corrected chi connectivity index (χ1v) is 8.28. The van der Waals surface area contributed by atoms with E-state index in [9.17, 15) is 4.79 Å². The van der Waals surface area contributed by atoms with E-state index in [1.165, 1.54) is 17.1 Å². The Labute approximate surface area is 159 Å². The first-order valence-electron chi connectivity index (χ1n) is 8.28. The lowest BCUT2D eigenvalue weighted by molar-refractivity contribution is -0.118. The van der Waals surface area contributed by atoms with E-state index >= 15 is 0 Å². The number of ether oxygens (including phenoxy) is 1. The molecule has 0 spiro atoms. The van der Waals surface area contributed by atoms with Crippen molar-refractivity contribution in [3.8, 4) is 17.6 Å². The summed E-state index contributed by atoms with van der Waals surface area (Å²) in [6.45, 7) is 1.51. The molecule has 0 radical (unpaired) electrons. The Morgan fingerprint density at radius 2 is 1.79 bits per heavy atom. The summed E-state index contributed by atoms with van der Waals surface area (Å²) in [6, 6.07) is 5.16. The smallest absolute Gasteiger partial charge is 0.262 e. The Kier molecular flexibility index (Phi) is 4.70. The monoisotopic (exact) mass is 377 g/mol. The van der Waals surface area contributed by atoms with Gasteiger partial charge in [-0.3, -0.25) is 4.79 Å². The number of nitrogens with zero attached hydrogens (tertiary/aromatic N) is 8. The lowest BCUT2D eigenvalue weighted by Gasteiger charge is -2.09. The number of hydrogen-bond acceptors (Lipinski definition) is 8. The molecule has 4 rings (SSSR count). The Balaban J connectivity index is 1.37. The van der Waals surface area contributed by atoms with E-state index in [0.29, 0.717) is 23.3 Å². The van der Waals surface area contributed by atoms with Gasteiger partial charge < -0.3 is 10.1 Å². The van der Waals surface area contributed by atoms with Crippen molar-refractivity contribution >= 4 is 11.6 Å². The number of aromatic nitrogens is 8. The van der Waals surface area contributed by atoms with Crippen molar-refractivity contribution in [2.24, 2.45) is 0 Å². The molecule has 140 valence electrons. The zero-order valence-electron chi connectivity index (χ0n) is 14.8. The fourth-order valence-corrected chi connectivity index (χ4v) is 2.35. The molecule has 4 aromatic heterocycles. The second-order valence-corrected chi connectivity index (χ2v) is 5.62. The van der Waals surface area contributed by atoms with Crippen molar-refractivity contribution in [1.82, 2.24) is 39.5 Å². The van der Waals surface area contributed by atoms with Crippen molar-refractivity contribution in [3.63, 3.8) is 0 Å². The number of hydrogen-bond donors (Lipinski definition) is 1. The summed E-state index contributed by atoms with van der Waals surface area (Å²) in [5.41, 5.74) is 0.445. The van der Waals surface area contributed by atoms with Gasteiger partial charge in [0.1, 0.15) is 5.82 Å². The van der Waals surface area contributed by atoms with Crippen LogP contribution in [0.25, 0.3) is 11.8 Å². The quantitative estimate of drug-likeness (QED) is 0.527.